The maximum Gasteiger partial charge on any atom is 0.275 e. The summed E-state index contributed by atoms with van der Waals surface area (Å²) >= 11 is 0. The van der Waals surface area contributed by atoms with Gasteiger partial charge >= 0.3 is 0 Å². The first-order valence-corrected chi connectivity index (χ1v) is 9.73. The molecule has 1 saturated heterocycles. The number of H-pyrrole nitrogens is 1. The third-order valence-corrected chi connectivity index (χ3v) is 7.02. The van der Waals surface area contributed by atoms with E-state index in [1.807, 2.05) is 18.0 Å². The second-order valence-electron chi connectivity index (χ2n) is 6.94. The monoisotopic (exact) mass is 371 g/mol. The highest BCUT2D eigenvalue weighted by atomic mass is 32.2. The fourth-order valence-electron chi connectivity index (χ4n) is 3.54. The number of halogens is 2. The second kappa shape index (κ2) is 5.60. The van der Waals surface area contributed by atoms with Crippen molar-refractivity contribution in [2.75, 3.05) is 30.8 Å². The van der Waals surface area contributed by atoms with Gasteiger partial charge in [-0.3, -0.25) is 0 Å². The lowest BCUT2D eigenvalue weighted by Crippen LogP contribution is -2.59. The number of alkyl halides is 2. The van der Waals surface area contributed by atoms with Gasteiger partial charge in [-0.05, 0) is 24.8 Å². The maximum atomic E-state index is 12.9. The molecule has 2 fully saturated rings. The molecular weight excluding hydrogens is 352 g/mol. The fourth-order valence-corrected chi connectivity index (χ4v) is 5.39. The predicted molar refractivity (Wildman–Crippen MR) is 89.1 cm³/mol. The summed E-state index contributed by atoms with van der Waals surface area (Å²) in [5.74, 6) is -2.13. The van der Waals surface area contributed by atoms with Crippen molar-refractivity contribution in [3.05, 3.63) is 18.6 Å². The number of anilines is 1. The number of hydrogen-bond acceptors (Lipinski definition) is 5. The first-order valence-electron chi connectivity index (χ1n) is 8.12. The molecule has 10 heteroatoms. The molecule has 3 heterocycles. The van der Waals surface area contributed by atoms with Crippen molar-refractivity contribution in [2.24, 2.45) is 5.92 Å². The van der Waals surface area contributed by atoms with Crippen LogP contribution in [0, 0.1) is 5.92 Å². The zero-order valence-electron chi connectivity index (χ0n) is 13.7. The molecule has 0 bridgehead atoms. The lowest BCUT2D eigenvalue weighted by molar-refractivity contribution is -0.0946. The normalized spacial score (nSPS) is 26.2. The molecule has 0 spiro atoms. The summed E-state index contributed by atoms with van der Waals surface area (Å²) < 4.78 is 50.9. The largest absolute Gasteiger partial charge is 0.356 e. The summed E-state index contributed by atoms with van der Waals surface area (Å²) in [6.45, 7) is -1.37. The number of aromatic amines is 1. The molecule has 0 radical (unpaired) electrons. The van der Waals surface area contributed by atoms with Crippen LogP contribution < -0.4 is 4.90 Å². The quantitative estimate of drug-likeness (QED) is 0.860. The van der Waals surface area contributed by atoms with Crippen molar-refractivity contribution in [3.8, 4) is 0 Å². The molecule has 0 atom stereocenters. The summed E-state index contributed by atoms with van der Waals surface area (Å²) in [5.41, 5.74) is 0.758. The van der Waals surface area contributed by atoms with Crippen molar-refractivity contribution >= 4 is 26.9 Å². The van der Waals surface area contributed by atoms with Gasteiger partial charge in [0.1, 0.15) is 17.8 Å². The topological polar surface area (TPSA) is 82.2 Å². The molecule has 2 aliphatic rings. The van der Waals surface area contributed by atoms with Gasteiger partial charge in [0.05, 0.1) is 24.2 Å². The van der Waals surface area contributed by atoms with Crippen LogP contribution in [-0.4, -0.2) is 65.5 Å². The molecular formula is C15H19F2N5O2S. The van der Waals surface area contributed by atoms with Crippen LogP contribution in [0.4, 0.5) is 14.6 Å². The van der Waals surface area contributed by atoms with Crippen LogP contribution in [-0.2, 0) is 10.0 Å². The van der Waals surface area contributed by atoms with Crippen LogP contribution in [0.5, 0.6) is 0 Å². The molecule has 1 aliphatic heterocycles. The third-order valence-electron chi connectivity index (χ3n) is 5.08. The Morgan fingerprint density at radius 2 is 2.08 bits per heavy atom. The molecule has 0 aromatic carbocycles. The average Bonchev–Trinajstić information content (AvgIpc) is 2.95. The highest BCUT2D eigenvalue weighted by Gasteiger charge is 2.50. The Kier molecular flexibility index (Phi) is 3.73. The average molecular weight is 371 g/mol. The molecule has 1 N–H and O–H groups in total. The number of sulfonamides is 1. The van der Waals surface area contributed by atoms with E-state index in [9.17, 15) is 17.2 Å². The van der Waals surface area contributed by atoms with Crippen molar-refractivity contribution in [1.29, 1.82) is 0 Å². The predicted octanol–water partition coefficient (Wildman–Crippen LogP) is 1.45. The van der Waals surface area contributed by atoms with Crippen molar-refractivity contribution < 1.29 is 17.2 Å². The van der Waals surface area contributed by atoms with Gasteiger partial charge in [0.2, 0.25) is 10.0 Å². The molecule has 0 unspecified atom stereocenters. The number of hydrogen-bond donors (Lipinski definition) is 1. The zero-order chi connectivity index (χ0) is 17.8. The molecule has 1 aliphatic carbocycles. The smallest absolute Gasteiger partial charge is 0.275 e. The van der Waals surface area contributed by atoms with Crippen LogP contribution in [0.2, 0.25) is 0 Å². The number of nitrogens with zero attached hydrogens (tertiary/aromatic N) is 4. The van der Waals surface area contributed by atoms with E-state index in [0.717, 1.165) is 21.2 Å². The van der Waals surface area contributed by atoms with E-state index < -0.39 is 29.0 Å². The molecule has 2 aromatic rings. The van der Waals surface area contributed by atoms with E-state index in [4.69, 9.17) is 0 Å². The number of rotatable bonds is 5. The molecule has 136 valence electrons. The molecule has 2 aromatic heterocycles. The highest BCUT2D eigenvalue weighted by molar-refractivity contribution is 7.89. The lowest BCUT2D eigenvalue weighted by atomic mass is 9.81. The Labute approximate surface area is 144 Å². The van der Waals surface area contributed by atoms with E-state index in [-0.39, 0.29) is 17.7 Å². The summed E-state index contributed by atoms with van der Waals surface area (Å²) in [6.07, 6.45) is 4.71. The van der Waals surface area contributed by atoms with Crippen LogP contribution in [0.15, 0.2) is 18.6 Å². The van der Waals surface area contributed by atoms with Crippen LogP contribution >= 0.6 is 0 Å². The number of aromatic nitrogens is 3. The van der Waals surface area contributed by atoms with Gasteiger partial charge in [-0.25, -0.2) is 27.2 Å². The van der Waals surface area contributed by atoms with Gasteiger partial charge < -0.3 is 9.88 Å². The second-order valence-corrected chi connectivity index (χ2v) is 8.96. The molecule has 1 saturated carbocycles. The summed E-state index contributed by atoms with van der Waals surface area (Å²) in [5, 5.41) is 0.920. The Morgan fingerprint density at radius 3 is 2.76 bits per heavy atom. The zero-order valence-corrected chi connectivity index (χ0v) is 14.5. The van der Waals surface area contributed by atoms with Gasteiger partial charge in [0.25, 0.3) is 5.92 Å². The Hall–Kier alpha value is -1.81. The summed E-state index contributed by atoms with van der Waals surface area (Å²) in [7, 11) is -1.66. The third kappa shape index (κ3) is 2.97. The Balaban J connectivity index is 1.37. The Morgan fingerprint density at radius 1 is 1.36 bits per heavy atom. The first-order chi connectivity index (χ1) is 11.8. The standard InChI is InChI=1S/C15H19F2N5O2S/c1-21(14-12-2-3-18-13(12)19-9-20-14)11-4-10(5-11)6-25(23,24)22-7-15(16,17)8-22/h2-3,9-11H,4-8H2,1H3,(H,18,19,20)/t10-,11+. The number of nitrogens with one attached hydrogen (secondary N) is 1. The minimum Gasteiger partial charge on any atom is -0.356 e. The van der Waals surface area contributed by atoms with Crippen molar-refractivity contribution in [3.63, 3.8) is 0 Å². The summed E-state index contributed by atoms with van der Waals surface area (Å²) in [6, 6.07) is 2.09. The number of fused-ring (bicyclic) bond motifs is 1. The van der Waals surface area contributed by atoms with E-state index in [1.165, 1.54) is 6.33 Å². The van der Waals surface area contributed by atoms with E-state index in [0.29, 0.717) is 12.8 Å². The SMILES string of the molecule is CN(c1ncnc2[nH]ccc12)[C@H]1C[C@@H](CS(=O)(=O)N2CC(F)(F)C2)C1. The van der Waals surface area contributed by atoms with Gasteiger partial charge in [0, 0.05) is 19.3 Å². The van der Waals surface area contributed by atoms with Gasteiger partial charge in [-0.2, -0.15) is 4.31 Å². The van der Waals surface area contributed by atoms with Crippen molar-refractivity contribution in [1.82, 2.24) is 19.3 Å². The van der Waals surface area contributed by atoms with Crippen LogP contribution in [0.25, 0.3) is 11.0 Å². The fraction of sp³-hybridized carbons (Fsp3) is 0.600. The van der Waals surface area contributed by atoms with Crippen LogP contribution in [0.3, 0.4) is 0 Å². The van der Waals surface area contributed by atoms with E-state index in [2.05, 4.69) is 15.0 Å². The van der Waals surface area contributed by atoms with Gasteiger partial charge in [0.15, 0.2) is 0 Å². The molecule has 25 heavy (non-hydrogen) atoms. The highest BCUT2D eigenvalue weighted by Crippen LogP contribution is 2.37. The lowest BCUT2D eigenvalue weighted by Gasteiger charge is -2.43. The van der Waals surface area contributed by atoms with E-state index >= 15 is 0 Å². The first kappa shape index (κ1) is 16.6. The molecule has 7 nitrogen and oxygen atoms in total. The van der Waals surface area contributed by atoms with Gasteiger partial charge in [-0.15, -0.1) is 0 Å². The molecule has 0 amide bonds. The van der Waals surface area contributed by atoms with E-state index in [1.54, 1.807) is 6.20 Å². The maximum absolute atomic E-state index is 12.9. The minimum atomic E-state index is -3.59. The van der Waals surface area contributed by atoms with Gasteiger partial charge in [-0.1, -0.05) is 0 Å². The summed E-state index contributed by atoms with van der Waals surface area (Å²) in [4.78, 5) is 13.6. The molecule has 4 rings (SSSR count). The van der Waals surface area contributed by atoms with Crippen LogP contribution in [0.1, 0.15) is 12.8 Å². The Bertz CT molecular complexity index is 886. The minimum absolute atomic E-state index is 0.00442. The van der Waals surface area contributed by atoms with Crippen molar-refractivity contribution in [2.45, 2.75) is 24.8 Å².